The van der Waals surface area contributed by atoms with E-state index in [2.05, 4.69) is 17.1 Å². The lowest BCUT2D eigenvalue weighted by Crippen LogP contribution is -2.49. The summed E-state index contributed by atoms with van der Waals surface area (Å²) in [6.45, 7) is 11.8. The highest BCUT2D eigenvalue weighted by atomic mass is 16.3. The molecule has 0 radical (unpaired) electrons. The van der Waals surface area contributed by atoms with Crippen LogP contribution in [0.3, 0.4) is 0 Å². The Labute approximate surface area is 121 Å². The molecule has 4 nitrogen and oxygen atoms in total. The Morgan fingerprint density at radius 2 is 1.75 bits per heavy atom. The van der Waals surface area contributed by atoms with Crippen molar-refractivity contribution in [2.24, 2.45) is 0 Å². The molecule has 1 aliphatic heterocycles. The zero-order chi connectivity index (χ0) is 14.9. The minimum atomic E-state index is -0.521. The van der Waals surface area contributed by atoms with Gasteiger partial charge in [0.1, 0.15) is 5.75 Å². The quantitative estimate of drug-likeness (QED) is 0.787. The number of hydrogen-bond donors (Lipinski definition) is 3. The first-order valence-electron chi connectivity index (χ1n) is 7.36. The second-order valence-corrected chi connectivity index (χ2v) is 5.85. The van der Waals surface area contributed by atoms with Crippen LogP contribution >= 0.6 is 0 Å². The van der Waals surface area contributed by atoms with E-state index in [1.807, 2.05) is 20.8 Å². The van der Waals surface area contributed by atoms with E-state index >= 15 is 0 Å². The van der Waals surface area contributed by atoms with Crippen LogP contribution in [0.1, 0.15) is 35.3 Å². The number of nitrogens with zero attached hydrogens (tertiary/aromatic N) is 1. The van der Waals surface area contributed by atoms with Gasteiger partial charge in [-0.3, -0.25) is 4.90 Å². The molecule has 0 aliphatic carbocycles. The van der Waals surface area contributed by atoms with E-state index in [9.17, 15) is 10.2 Å². The molecule has 0 amide bonds. The number of aromatic hydroxyl groups is 1. The molecule has 112 valence electrons. The Morgan fingerprint density at radius 1 is 1.15 bits per heavy atom. The first-order chi connectivity index (χ1) is 9.43. The van der Waals surface area contributed by atoms with Gasteiger partial charge in [-0.2, -0.15) is 0 Å². The molecule has 1 aromatic rings. The Bertz CT molecular complexity index is 482. The monoisotopic (exact) mass is 278 g/mol. The van der Waals surface area contributed by atoms with Gasteiger partial charge in [0.15, 0.2) is 0 Å². The average Bonchev–Trinajstić information content (AvgIpc) is 2.45. The molecule has 1 fully saturated rings. The van der Waals surface area contributed by atoms with Crippen LogP contribution in [0, 0.1) is 20.8 Å². The molecule has 0 spiro atoms. The van der Waals surface area contributed by atoms with Crippen LogP contribution in [0.4, 0.5) is 0 Å². The maximum atomic E-state index is 10.8. The zero-order valence-electron chi connectivity index (χ0n) is 12.9. The Hall–Kier alpha value is -1.10. The fourth-order valence-corrected chi connectivity index (χ4v) is 3.07. The van der Waals surface area contributed by atoms with Gasteiger partial charge in [-0.05, 0) is 56.0 Å². The van der Waals surface area contributed by atoms with Crippen LogP contribution in [-0.2, 0) is 0 Å². The summed E-state index contributed by atoms with van der Waals surface area (Å²) in [5.41, 5.74) is 3.78. The van der Waals surface area contributed by atoms with Gasteiger partial charge in [0.25, 0.3) is 0 Å². The molecular weight excluding hydrogens is 252 g/mol. The minimum absolute atomic E-state index is 0.0819. The summed E-state index contributed by atoms with van der Waals surface area (Å²) in [7, 11) is 0. The normalized spacial score (nSPS) is 19.9. The van der Waals surface area contributed by atoms with E-state index in [-0.39, 0.29) is 6.04 Å². The van der Waals surface area contributed by atoms with E-state index in [0.29, 0.717) is 5.75 Å². The molecule has 0 aromatic heterocycles. The lowest BCUT2D eigenvalue weighted by molar-refractivity contribution is 0.0502. The number of hydrogen-bond acceptors (Lipinski definition) is 4. The average molecular weight is 278 g/mol. The fraction of sp³-hybridized carbons (Fsp3) is 0.625. The number of benzene rings is 1. The predicted octanol–water partition coefficient (Wildman–Crippen LogP) is 1.64. The summed E-state index contributed by atoms with van der Waals surface area (Å²) < 4.78 is 0. The van der Waals surface area contributed by atoms with Crippen molar-refractivity contribution in [1.82, 2.24) is 10.2 Å². The van der Waals surface area contributed by atoms with Crippen molar-refractivity contribution in [3.05, 3.63) is 28.3 Å². The fourth-order valence-electron chi connectivity index (χ4n) is 3.07. The summed E-state index contributed by atoms with van der Waals surface area (Å²) in [5, 5.41) is 24.0. The van der Waals surface area contributed by atoms with Crippen molar-refractivity contribution in [2.75, 3.05) is 26.2 Å². The lowest BCUT2D eigenvalue weighted by Gasteiger charge is -2.36. The molecule has 1 heterocycles. The van der Waals surface area contributed by atoms with E-state index in [1.54, 1.807) is 6.07 Å². The third-order valence-electron chi connectivity index (χ3n) is 4.61. The zero-order valence-corrected chi connectivity index (χ0v) is 12.9. The van der Waals surface area contributed by atoms with Crippen LogP contribution < -0.4 is 5.32 Å². The summed E-state index contributed by atoms with van der Waals surface area (Å²) >= 11 is 0. The maximum absolute atomic E-state index is 10.8. The van der Waals surface area contributed by atoms with Gasteiger partial charge in [0.05, 0.1) is 6.10 Å². The summed E-state index contributed by atoms with van der Waals surface area (Å²) in [6, 6.07) is 1.84. The van der Waals surface area contributed by atoms with Gasteiger partial charge in [0, 0.05) is 32.2 Å². The molecule has 2 rings (SSSR count). The highest BCUT2D eigenvalue weighted by molar-refractivity contribution is 5.48. The van der Waals surface area contributed by atoms with Gasteiger partial charge in [0.2, 0.25) is 0 Å². The number of piperazine rings is 1. The number of aliphatic hydroxyl groups is 1. The number of aryl methyl sites for hydroxylation is 1. The third-order valence-corrected chi connectivity index (χ3v) is 4.61. The Kier molecular flexibility index (Phi) is 4.68. The second-order valence-electron chi connectivity index (χ2n) is 5.85. The van der Waals surface area contributed by atoms with E-state index in [4.69, 9.17) is 0 Å². The number of nitrogens with one attached hydrogen (secondary N) is 1. The van der Waals surface area contributed by atoms with Crippen LogP contribution in [0.25, 0.3) is 0 Å². The van der Waals surface area contributed by atoms with Gasteiger partial charge in [-0.15, -0.1) is 0 Å². The minimum Gasteiger partial charge on any atom is -0.508 e. The first-order valence-corrected chi connectivity index (χ1v) is 7.36. The molecule has 1 aromatic carbocycles. The summed E-state index contributed by atoms with van der Waals surface area (Å²) in [4.78, 5) is 2.32. The number of aliphatic hydroxyl groups excluding tert-OH is 1. The SMILES string of the molecule is Cc1cc(O)c(C)c(C)c1C(O)C(C)N1CCNCC1. The molecule has 2 unspecified atom stereocenters. The van der Waals surface area contributed by atoms with Gasteiger partial charge < -0.3 is 15.5 Å². The molecule has 0 bridgehead atoms. The van der Waals surface area contributed by atoms with Crippen LogP contribution in [0.2, 0.25) is 0 Å². The van der Waals surface area contributed by atoms with Crippen LogP contribution in [-0.4, -0.2) is 47.3 Å². The molecule has 1 aliphatic rings. The molecular formula is C16H26N2O2. The molecule has 1 saturated heterocycles. The largest absolute Gasteiger partial charge is 0.508 e. The Balaban J connectivity index is 2.28. The summed E-state index contributed by atoms with van der Waals surface area (Å²) in [6.07, 6.45) is -0.521. The highest BCUT2D eigenvalue weighted by Crippen LogP contribution is 2.33. The third kappa shape index (κ3) is 2.82. The Morgan fingerprint density at radius 3 is 2.35 bits per heavy atom. The second kappa shape index (κ2) is 6.12. The van der Waals surface area contributed by atoms with Crippen molar-refractivity contribution in [2.45, 2.75) is 39.8 Å². The number of phenolic OH excluding ortho intramolecular Hbond substituents is 1. The number of phenols is 1. The molecule has 3 N–H and O–H groups in total. The topological polar surface area (TPSA) is 55.7 Å². The molecule has 0 saturated carbocycles. The highest BCUT2D eigenvalue weighted by Gasteiger charge is 2.27. The van der Waals surface area contributed by atoms with Gasteiger partial charge >= 0.3 is 0 Å². The first kappa shape index (κ1) is 15.3. The summed E-state index contributed by atoms with van der Waals surface area (Å²) in [5.74, 6) is 0.311. The van der Waals surface area contributed by atoms with Gasteiger partial charge in [-0.1, -0.05) is 0 Å². The predicted molar refractivity (Wildman–Crippen MR) is 81.2 cm³/mol. The van der Waals surface area contributed by atoms with Gasteiger partial charge in [-0.25, -0.2) is 0 Å². The van der Waals surface area contributed by atoms with Crippen molar-refractivity contribution in [3.8, 4) is 5.75 Å². The van der Waals surface area contributed by atoms with Crippen molar-refractivity contribution < 1.29 is 10.2 Å². The number of rotatable bonds is 3. The van der Waals surface area contributed by atoms with Crippen molar-refractivity contribution in [1.29, 1.82) is 0 Å². The standard InChI is InChI=1S/C16H26N2O2/c1-10-9-14(19)11(2)12(3)15(10)16(20)13(4)18-7-5-17-6-8-18/h9,13,16-17,19-20H,5-8H2,1-4H3. The van der Waals surface area contributed by atoms with Crippen molar-refractivity contribution in [3.63, 3.8) is 0 Å². The molecule has 2 atom stereocenters. The van der Waals surface area contributed by atoms with Crippen molar-refractivity contribution >= 4 is 0 Å². The smallest absolute Gasteiger partial charge is 0.119 e. The maximum Gasteiger partial charge on any atom is 0.119 e. The van der Waals surface area contributed by atoms with E-state index in [0.717, 1.165) is 48.4 Å². The van der Waals surface area contributed by atoms with Crippen LogP contribution in [0.15, 0.2) is 6.07 Å². The van der Waals surface area contributed by atoms with E-state index in [1.165, 1.54) is 0 Å². The van der Waals surface area contributed by atoms with E-state index < -0.39 is 6.10 Å². The van der Waals surface area contributed by atoms with Crippen LogP contribution in [0.5, 0.6) is 5.75 Å². The molecule has 4 heteroatoms. The lowest BCUT2D eigenvalue weighted by atomic mass is 9.90. The molecule has 20 heavy (non-hydrogen) atoms.